The van der Waals surface area contributed by atoms with Crippen LogP contribution in [0.25, 0.3) is 0 Å². The van der Waals surface area contributed by atoms with Crippen molar-refractivity contribution >= 4 is 0 Å². The van der Waals surface area contributed by atoms with Crippen LogP contribution in [0.15, 0.2) is 42.6 Å². The highest BCUT2D eigenvalue weighted by molar-refractivity contribution is 5.38. The van der Waals surface area contributed by atoms with Crippen LogP contribution in [-0.4, -0.2) is 11.1 Å². The molecule has 4 heteroatoms. The highest BCUT2D eigenvalue weighted by Gasteiger charge is 2.09. The van der Waals surface area contributed by atoms with Gasteiger partial charge in [-0.3, -0.25) is 0 Å². The van der Waals surface area contributed by atoms with Gasteiger partial charge >= 0.3 is 0 Å². The van der Waals surface area contributed by atoms with Crippen molar-refractivity contribution in [1.29, 1.82) is 0 Å². The van der Waals surface area contributed by atoms with Crippen molar-refractivity contribution in [3.63, 3.8) is 0 Å². The van der Waals surface area contributed by atoms with Gasteiger partial charge < -0.3 is 15.2 Å². The van der Waals surface area contributed by atoms with Gasteiger partial charge in [-0.1, -0.05) is 12.1 Å². The number of hydrogen-bond donors (Lipinski definition) is 1. The topological polar surface area (TPSA) is 57.4 Å². The van der Waals surface area contributed by atoms with Crippen LogP contribution < -0.4 is 15.2 Å². The minimum absolute atomic E-state index is 0.0712. The molecule has 0 unspecified atom stereocenters. The maximum atomic E-state index is 5.76. The van der Waals surface area contributed by atoms with Crippen LogP contribution in [0.1, 0.15) is 19.4 Å². The van der Waals surface area contributed by atoms with E-state index in [-0.39, 0.29) is 6.10 Å². The van der Waals surface area contributed by atoms with Gasteiger partial charge in [0.1, 0.15) is 5.75 Å². The molecule has 0 saturated carbocycles. The summed E-state index contributed by atoms with van der Waals surface area (Å²) in [5.41, 5.74) is 6.63. The molecule has 2 aromatic rings. The molecule has 0 saturated heterocycles. The van der Waals surface area contributed by atoms with Gasteiger partial charge in [-0.05, 0) is 43.7 Å². The van der Waals surface area contributed by atoms with E-state index in [4.69, 9.17) is 15.2 Å². The third-order valence-electron chi connectivity index (χ3n) is 2.45. The summed E-state index contributed by atoms with van der Waals surface area (Å²) in [5.74, 6) is 1.80. The second kappa shape index (κ2) is 6.20. The molecule has 1 aromatic carbocycles. The first-order valence-electron chi connectivity index (χ1n) is 6.27. The van der Waals surface area contributed by atoms with Crippen molar-refractivity contribution in [3.8, 4) is 17.4 Å². The molecule has 0 aliphatic rings. The smallest absolute Gasteiger partial charge is 0.262 e. The Morgan fingerprint density at radius 1 is 1.21 bits per heavy atom. The summed E-state index contributed by atoms with van der Waals surface area (Å²) in [6, 6.07) is 11.3. The van der Waals surface area contributed by atoms with E-state index in [0.717, 1.165) is 5.56 Å². The number of nitrogens with two attached hydrogens (primary N) is 1. The minimum Gasteiger partial charge on any atom is -0.485 e. The predicted molar refractivity (Wildman–Crippen MR) is 74.4 cm³/mol. The number of ether oxygens (including phenoxy) is 2. The monoisotopic (exact) mass is 258 g/mol. The van der Waals surface area contributed by atoms with Gasteiger partial charge in [0, 0.05) is 12.7 Å². The van der Waals surface area contributed by atoms with Crippen molar-refractivity contribution in [2.75, 3.05) is 0 Å². The lowest BCUT2D eigenvalue weighted by molar-refractivity contribution is 0.231. The third-order valence-corrected chi connectivity index (χ3v) is 2.45. The van der Waals surface area contributed by atoms with Crippen molar-refractivity contribution in [1.82, 2.24) is 4.98 Å². The van der Waals surface area contributed by atoms with Gasteiger partial charge in [-0.2, -0.15) is 0 Å². The molecule has 0 bridgehead atoms. The van der Waals surface area contributed by atoms with E-state index in [1.807, 2.05) is 50.2 Å². The highest BCUT2D eigenvalue weighted by atomic mass is 16.5. The summed E-state index contributed by atoms with van der Waals surface area (Å²) < 4.78 is 11.4. The number of pyridine rings is 1. The quantitative estimate of drug-likeness (QED) is 0.895. The lowest BCUT2D eigenvalue weighted by atomic mass is 10.2. The number of hydrogen-bond acceptors (Lipinski definition) is 4. The molecule has 4 nitrogen and oxygen atoms in total. The van der Waals surface area contributed by atoms with Crippen LogP contribution in [0.2, 0.25) is 0 Å². The van der Waals surface area contributed by atoms with Crippen molar-refractivity contribution in [2.45, 2.75) is 26.5 Å². The molecule has 0 radical (unpaired) electrons. The largest absolute Gasteiger partial charge is 0.485 e. The van der Waals surface area contributed by atoms with Gasteiger partial charge in [-0.25, -0.2) is 4.98 Å². The Hall–Kier alpha value is -2.07. The summed E-state index contributed by atoms with van der Waals surface area (Å²) in [7, 11) is 0. The second-order valence-electron chi connectivity index (χ2n) is 4.43. The molecule has 0 aliphatic heterocycles. The average Bonchev–Trinajstić information content (AvgIpc) is 2.41. The lowest BCUT2D eigenvalue weighted by Crippen LogP contribution is -2.07. The van der Waals surface area contributed by atoms with Crippen molar-refractivity contribution < 1.29 is 9.47 Å². The fraction of sp³-hybridized carbons (Fsp3) is 0.267. The lowest BCUT2D eigenvalue weighted by Gasteiger charge is -2.13. The number of benzene rings is 1. The van der Waals surface area contributed by atoms with Gasteiger partial charge in [0.25, 0.3) is 5.88 Å². The fourth-order valence-corrected chi connectivity index (χ4v) is 1.64. The Balaban J connectivity index is 2.22. The second-order valence-corrected chi connectivity index (χ2v) is 4.43. The maximum absolute atomic E-state index is 5.76. The molecule has 2 rings (SSSR count). The van der Waals surface area contributed by atoms with Crippen molar-refractivity contribution in [2.24, 2.45) is 5.73 Å². The van der Waals surface area contributed by atoms with Crippen LogP contribution in [0.5, 0.6) is 17.4 Å². The van der Waals surface area contributed by atoms with E-state index in [2.05, 4.69) is 4.98 Å². The Labute approximate surface area is 113 Å². The highest BCUT2D eigenvalue weighted by Crippen LogP contribution is 2.29. The van der Waals surface area contributed by atoms with Gasteiger partial charge in [0.05, 0.1) is 6.10 Å². The van der Waals surface area contributed by atoms with Crippen LogP contribution in [0.4, 0.5) is 0 Å². The van der Waals surface area contributed by atoms with E-state index in [1.54, 1.807) is 6.20 Å². The van der Waals surface area contributed by atoms with E-state index in [9.17, 15) is 0 Å². The summed E-state index contributed by atoms with van der Waals surface area (Å²) in [6.07, 6.45) is 1.75. The summed E-state index contributed by atoms with van der Waals surface area (Å²) >= 11 is 0. The predicted octanol–water partition coefficient (Wildman–Crippen LogP) is 3.12. The summed E-state index contributed by atoms with van der Waals surface area (Å²) in [6.45, 7) is 4.41. The standard InChI is InChI=1S/C15H18N2O2/c1-11(2)18-14-7-4-8-17-15(14)19-13-6-3-5-12(9-13)10-16/h3-9,11H,10,16H2,1-2H3. The summed E-state index contributed by atoms with van der Waals surface area (Å²) in [4.78, 5) is 4.20. The molecular weight excluding hydrogens is 240 g/mol. The zero-order chi connectivity index (χ0) is 13.7. The molecule has 2 N–H and O–H groups in total. The molecule has 1 aromatic heterocycles. The van der Waals surface area contributed by atoms with Crippen LogP contribution in [0.3, 0.4) is 0 Å². The molecule has 0 amide bonds. The molecule has 0 aliphatic carbocycles. The van der Waals surface area contributed by atoms with Gasteiger partial charge in [0.2, 0.25) is 0 Å². The Morgan fingerprint density at radius 2 is 2.05 bits per heavy atom. The first-order valence-corrected chi connectivity index (χ1v) is 6.27. The number of rotatable bonds is 5. The van der Waals surface area contributed by atoms with Crippen LogP contribution in [-0.2, 0) is 6.54 Å². The Kier molecular flexibility index (Phi) is 4.36. The van der Waals surface area contributed by atoms with Crippen LogP contribution >= 0.6 is 0 Å². The molecule has 1 heterocycles. The zero-order valence-corrected chi connectivity index (χ0v) is 11.2. The van der Waals surface area contributed by atoms with E-state index in [0.29, 0.717) is 23.9 Å². The van der Waals surface area contributed by atoms with E-state index >= 15 is 0 Å². The van der Waals surface area contributed by atoms with Gasteiger partial charge in [-0.15, -0.1) is 0 Å². The molecule has 0 spiro atoms. The normalized spacial score (nSPS) is 10.5. The molecular formula is C15H18N2O2. The SMILES string of the molecule is CC(C)Oc1cccnc1Oc1cccc(CN)c1. The molecule has 100 valence electrons. The fourth-order valence-electron chi connectivity index (χ4n) is 1.64. The number of aromatic nitrogens is 1. The van der Waals surface area contributed by atoms with Crippen LogP contribution in [0, 0.1) is 0 Å². The third kappa shape index (κ3) is 3.69. The zero-order valence-electron chi connectivity index (χ0n) is 11.2. The first kappa shape index (κ1) is 13.4. The summed E-state index contributed by atoms with van der Waals surface area (Å²) in [5, 5.41) is 0. The van der Waals surface area contributed by atoms with Crippen molar-refractivity contribution in [3.05, 3.63) is 48.2 Å². The molecule has 19 heavy (non-hydrogen) atoms. The maximum Gasteiger partial charge on any atom is 0.262 e. The molecule has 0 fully saturated rings. The number of nitrogens with zero attached hydrogens (tertiary/aromatic N) is 1. The van der Waals surface area contributed by atoms with E-state index in [1.165, 1.54) is 0 Å². The molecule has 0 atom stereocenters. The first-order chi connectivity index (χ1) is 9.19. The Bertz CT molecular complexity index is 541. The van der Waals surface area contributed by atoms with Gasteiger partial charge in [0.15, 0.2) is 5.75 Å². The minimum atomic E-state index is 0.0712. The van der Waals surface area contributed by atoms with E-state index < -0.39 is 0 Å². The Morgan fingerprint density at radius 3 is 2.79 bits per heavy atom. The average molecular weight is 258 g/mol.